The Labute approximate surface area is 63.2 Å². The first-order valence-corrected chi connectivity index (χ1v) is 3.10. The van der Waals surface area contributed by atoms with Crippen LogP contribution < -0.4 is 0 Å². The molecule has 0 radical (unpaired) electrons. The van der Waals surface area contributed by atoms with Crippen molar-refractivity contribution in [1.29, 1.82) is 0 Å². The zero-order valence-corrected chi connectivity index (χ0v) is 6.00. The molecule has 0 atom stereocenters. The lowest BCUT2D eigenvalue weighted by Gasteiger charge is -2.04. The van der Waals surface area contributed by atoms with Crippen molar-refractivity contribution >= 4 is 17.5 Å². The molecule has 0 unspecified atom stereocenters. The normalized spacial score (nSPS) is 17.4. The second kappa shape index (κ2) is 2.65. The molecule has 0 bridgehead atoms. The van der Waals surface area contributed by atoms with E-state index in [4.69, 9.17) is 5.11 Å². The van der Waals surface area contributed by atoms with Gasteiger partial charge in [-0.25, -0.2) is 4.79 Å². The number of carboxylic acid groups (broad SMARTS) is 1. The van der Waals surface area contributed by atoms with Crippen molar-refractivity contribution < 1.29 is 14.7 Å². The molecule has 0 saturated carbocycles. The number of allylic oxidation sites excluding steroid dienone is 1. The molecule has 4 nitrogen and oxygen atoms in total. The molecule has 0 fully saturated rings. The minimum absolute atomic E-state index is 0.313. The van der Waals surface area contributed by atoms with E-state index in [0.29, 0.717) is 6.54 Å². The van der Waals surface area contributed by atoms with Gasteiger partial charge in [0.15, 0.2) is 5.71 Å². The maximum absolute atomic E-state index is 10.9. The maximum atomic E-state index is 10.9. The van der Waals surface area contributed by atoms with Crippen molar-refractivity contribution in [2.24, 2.45) is 4.99 Å². The fourth-order valence-electron chi connectivity index (χ4n) is 0.792. The van der Waals surface area contributed by atoms with E-state index < -0.39 is 11.8 Å². The molecule has 0 saturated heterocycles. The fourth-order valence-corrected chi connectivity index (χ4v) is 0.792. The maximum Gasteiger partial charge on any atom is 0.358 e. The number of dihydropyridines is 1. The van der Waals surface area contributed by atoms with Gasteiger partial charge in [-0.05, 0) is 18.6 Å². The predicted molar refractivity (Wildman–Crippen MR) is 38.7 cm³/mol. The van der Waals surface area contributed by atoms with Crippen molar-refractivity contribution in [3.05, 3.63) is 11.6 Å². The monoisotopic (exact) mass is 153 g/mol. The van der Waals surface area contributed by atoms with E-state index in [9.17, 15) is 9.59 Å². The van der Waals surface area contributed by atoms with Crippen molar-refractivity contribution in [3.8, 4) is 0 Å². The highest BCUT2D eigenvalue weighted by molar-refractivity contribution is 6.66. The van der Waals surface area contributed by atoms with E-state index in [-0.39, 0.29) is 5.71 Å². The quantitative estimate of drug-likeness (QED) is 0.578. The zero-order chi connectivity index (χ0) is 8.43. The van der Waals surface area contributed by atoms with Gasteiger partial charge in [0.2, 0.25) is 5.78 Å². The number of nitrogens with zero attached hydrogens (tertiary/aromatic N) is 1. The van der Waals surface area contributed by atoms with E-state index >= 15 is 0 Å². The van der Waals surface area contributed by atoms with Gasteiger partial charge in [0.05, 0.1) is 6.54 Å². The third kappa shape index (κ3) is 1.52. The molecule has 0 amide bonds. The summed E-state index contributed by atoms with van der Waals surface area (Å²) >= 11 is 0. The molecule has 0 spiro atoms. The zero-order valence-electron chi connectivity index (χ0n) is 6.00. The molecule has 4 heteroatoms. The van der Waals surface area contributed by atoms with Crippen LogP contribution in [0.5, 0.6) is 0 Å². The Morgan fingerprint density at radius 3 is 2.82 bits per heavy atom. The van der Waals surface area contributed by atoms with Gasteiger partial charge in [-0.2, -0.15) is 0 Å². The lowest BCUT2D eigenvalue weighted by molar-refractivity contribution is -0.130. The van der Waals surface area contributed by atoms with Crippen LogP contribution in [0.15, 0.2) is 16.6 Å². The van der Waals surface area contributed by atoms with Crippen molar-refractivity contribution in [2.75, 3.05) is 6.54 Å². The van der Waals surface area contributed by atoms with Crippen LogP contribution in [0.1, 0.15) is 6.92 Å². The van der Waals surface area contributed by atoms with Crippen molar-refractivity contribution in [1.82, 2.24) is 0 Å². The molecule has 1 aliphatic rings. The van der Waals surface area contributed by atoms with E-state index in [1.807, 2.05) is 0 Å². The van der Waals surface area contributed by atoms with E-state index in [1.165, 1.54) is 6.08 Å². The molecule has 0 aliphatic carbocycles. The second-order valence-corrected chi connectivity index (χ2v) is 2.32. The summed E-state index contributed by atoms with van der Waals surface area (Å²) in [6.07, 6.45) is 1.30. The summed E-state index contributed by atoms with van der Waals surface area (Å²) in [7, 11) is 0. The van der Waals surface area contributed by atoms with Gasteiger partial charge in [-0.1, -0.05) is 0 Å². The number of aliphatic imine (C=N–C) groups is 1. The summed E-state index contributed by atoms with van der Waals surface area (Å²) in [6, 6.07) is 0. The summed E-state index contributed by atoms with van der Waals surface area (Å²) in [5.41, 5.74) is 0.426. The second-order valence-electron chi connectivity index (χ2n) is 2.32. The molecule has 11 heavy (non-hydrogen) atoms. The number of aliphatic carboxylic acids is 1. The molecule has 1 heterocycles. The van der Waals surface area contributed by atoms with E-state index in [1.54, 1.807) is 6.92 Å². The standard InChI is InChI=1S/C7H7NO3/c1-4-2-5(9)6(7(10)11)8-3-4/h2H,3H2,1H3,(H,10,11). The average molecular weight is 153 g/mol. The van der Waals surface area contributed by atoms with Crippen LogP contribution in [-0.4, -0.2) is 29.1 Å². The molecule has 0 aromatic carbocycles. The highest BCUT2D eigenvalue weighted by Crippen LogP contribution is 2.02. The summed E-state index contributed by atoms with van der Waals surface area (Å²) in [5.74, 6) is -1.76. The highest BCUT2D eigenvalue weighted by atomic mass is 16.4. The third-order valence-electron chi connectivity index (χ3n) is 1.30. The Kier molecular flexibility index (Phi) is 1.85. The van der Waals surface area contributed by atoms with Gasteiger partial charge in [-0.15, -0.1) is 0 Å². The number of ketones is 1. The Morgan fingerprint density at radius 1 is 1.73 bits per heavy atom. The predicted octanol–water partition coefficient (Wildman–Crippen LogP) is 0.0410. The summed E-state index contributed by atoms with van der Waals surface area (Å²) in [5, 5.41) is 8.41. The minimum Gasteiger partial charge on any atom is -0.476 e. The lowest BCUT2D eigenvalue weighted by Crippen LogP contribution is -2.25. The fraction of sp³-hybridized carbons (Fsp3) is 0.286. The van der Waals surface area contributed by atoms with Gasteiger partial charge in [0.25, 0.3) is 0 Å². The first-order valence-electron chi connectivity index (χ1n) is 3.10. The number of carboxylic acids is 1. The molecule has 1 N–H and O–H groups in total. The highest BCUT2D eigenvalue weighted by Gasteiger charge is 2.19. The average Bonchev–Trinajstić information content (AvgIpc) is 1.85. The van der Waals surface area contributed by atoms with Gasteiger partial charge in [-0.3, -0.25) is 9.79 Å². The number of hydrogen-bond donors (Lipinski definition) is 1. The van der Waals surface area contributed by atoms with Crippen LogP contribution in [0.25, 0.3) is 0 Å². The summed E-state index contributed by atoms with van der Waals surface area (Å²) in [4.78, 5) is 24.7. The van der Waals surface area contributed by atoms with Gasteiger partial charge in [0.1, 0.15) is 0 Å². The van der Waals surface area contributed by atoms with E-state index in [0.717, 1.165) is 5.57 Å². The number of rotatable bonds is 1. The van der Waals surface area contributed by atoms with E-state index in [2.05, 4.69) is 4.99 Å². The molecular formula is C7H7NO3. The molecule has 58 valence electrons. The Hall–Kier alpha value is -1.45. The Morgan fingerprint density at radius 2 is 2.36 bits per heavy atom. The van der Waals surface area contributed by atoms with Gasteiger partial charge in [0, 0.05) is 0 Å². The van der Waals surface area contributed by atoms with Gasteiger partial charge < -0.3 is 5.11 Å². The largest absolute Gasteiger partial charge is 0.476 e. The summed E-state index contributed by atoms with van der Waals surface area (Å²) in [6.45, 7) is 2.05. The molecule has 0 aromatic heterocycles. The summed E-state index contributed by atoms with van der Waals surface area (Å²) < 4.78 is 0. The van der Waals surface area contributed by atoms with Crippen LogP contribution in [-0.2, 0) is 9.59 Å². The first-order chi connectivity index (χ1) is 5.11. The number of carbonyl (C=O) groups is 2. The van der Waals surface area contributed by atoms with Crippen LogP contribution in [0.2, 0.25) is 0 Å². The lowest BCUT2D eigenvalue weighted by atomic mass is 10.1. The van der Waals surface area contributed by atoms with Crippen LogP contribution in [0.4, 0.5) is 0 Å². The minimum atomic E-state index is -1.25. The topological polar surface area (TPSA) is 66.7 Å². The van der Waals surface area contributed by atoms with Crippen molar-refractivity contribution in [3.63, 3.8) is 0 Å². The Bertz CT molecular complexity index is 275. The van der Waals surface area contributed by atoms with Crippen LogP contribution in [0, 0.1) is 0 Å². The third-order valence-corrected chi connectivity index (χ3v) is 1.30. The van der Waals surface area contributed by atoms with Crippen LogP contribution >= 0.6 is 0 Å². The van der Waals surface area contributed by atoms with Gasteiger partial charge >= 0.3 is 5.97 Å². The SMILES string of the molecule is CC1=CC(=O)C(C(=O)O)=NC1. The molecule has 1 rings (SSSR count). The Balaban J connectivity index is 2.89. The number of carbonyl (C=O) groups excluding carboxylic acids is 1. The first kappa shape index (κ1) is 7.65. The van der Waals surface area contributed by atoms with Crippen molar-refractivity contribution in [2.45, 2.75) is 6.92 Å². The molecular weight excluding hydrogens is 146 g/mol. The smallest absolute Gasteiger partial charge is 0.358 e. The van der Waals surface area contributed by atoms with Crippen LogP contribution in [0.3, 0.4) is 0 Å². The number of hydrogen-bond acceptors (Lipinski definition) is 3. The molecule has 0 aromatic rings. The molecule has 1 aliphatic heterocycles.